The highest BCUT2D eigenvalue weighted by Crippen LogP contribution is 2.30. The van der Waals surface area contributed by atoms with Gasteiger partial charge in [-0.1, -0.05) is 6.92 Å². The van der Waals surface area contributed by atoms with E-state index in [4.69, 9.17) is 4.74 Å². The number of amides is 2. The number of methoxy groups -OCH3 is 1. The van der Waals surface area contributed by atoms with E-state index in [9.17, 15) is 9.59 Å². The van der Waals surface area contributed by atoms with Gasteiger partial charge in [0.15, 0.2) is 0 Å². The molecule has 2 rings (SSSR count). The van der Waals surface area contributed by atoms with Crippen molar-refractivity contribution in [3.63, 3.8) is 0 Å². The number of carbonyl (C=O) groups is 2. The topological polar surface area (TPSA) is 46.6 Å². The maximum Gasteiger partial charge on any atom is 0.247 e. The van der Waals surface area contributed by atoms with Crippen LogP contribution in [0.5, 0.6) is 5.75 Å². The van der Waals surface area contributed by atoms with Crippen LogP contribution in [-0.2, 0) is 9.59 Å². The van der Waals surface area contributed by atoms with Gasteiger partial charge in [-0.05, 0) is 30.0 Å². The summed E-state index contributed by atoms with van der Waals surface area (Å²) in [5.74, 6) is 1.30. The zero-order valence-corrected chi connectivity index (χ0v) is 11.2. The minimum atomic E-state index is -0.232. The fourth-order valence-corrected chi connectivity index (χ4v) is 2.85. The van der Waals surface area contributed by atoms with Gasteiger partial charge in [0, 0.05) is 6.42 Å². The summed E-state index contributed by atoms with van der Waals surface area (Å²) in [6, 6.07) is 6.95. The number of imide groups is 1. The molecule has 1 aliphatic heterocycles. The van der Waals surface area contributed by atoms with Gasteiger partial charge in [0.25, 0.3) is 0 Å². The predicted molar refractivity (Wildman–Crippen MR) is 72.0 cm³/mol. The molecule has 1 heterocycles. The number of anilines is 1. The van der Waals surface area contributed by atoms with Crippen molar-refractivity contribution in [3.8, 4) is 5.75 Å². The zero-order valence-electron chi connectivity index (χ0n) is 10.4. The fourth-order valence-electron chi connectivity index (χ4n) is 1.94. The molecule has 1 unspecified atom stereocenters. The Balaban J connectivity index is 2.21. The lowest BCUT2D eigenvalue weighted by Gasteiger charge is -2.15. The summed E-state index contributed by atoms with van der Waals surface area (Å²) in [5.41, 5.74) is 0.616. The van der Waals surface area contributed by atoms with E-state index in [-0.39, 0.29) is 17.1 Å². The first-order valence-electron chi connectivity index (χ1n) is 5.79. The number of benzene rings is 1. The molecule has 5 heteroatoms. The second-order valence-corrected chi connectivity index (χ2v) is 5.39. The number of ether oxygens (including phenoxy) is 1. The molecule has 96 valence electrons. The summed E-state index contributed by atoms with van der Waals surface area (Å²) in [7, 11) is 1.58. The van der Waals surface area contributed by atoms with Crippen LogP contribution < -0.4 is 9.64 Å². The molecule has 0 saturated carbocycles. The van der Waals surface area contributed by atoms with E-state index in [1.54, 1.807) is 31.4 Å². The predicted octanol–water partition coefficient (Wildman–Crippen LogP) is 2.08. The van der Waals surface area contributed by atoms with Crippen LogP contribution >= 0.6 is 11.8 Å². The third kappa shape index (κ3) is 2.36. The number of carbonyl (C=O) groups excluding carboxylic acids is 2. The summed E-state index contributed by atoms with van der Waals surface area (Å²) in [5, 5.41) is -0.232. The molecule has 0 N–H and O–H groups in total. The van der Waals surface area contributed by atoms with E-state index < -0.39 is 0 Å². The number of hydrogen-bond donors (Lipinski definition) is 0. The Hall–Kier alpha value is -1.49. The van der Waals surface area contributed by atoms with E-state index in [0.717, 1.165) is 5.75 Å². The van der Waals surface area contributed by atoms with Crippen LogP contribution in [0.4, 0.5) is 5.69 Å². The van der Waals surface area contributed by atoms with Crippen LogP contribution in [0.15, 0.2) is 24.3 Å². The Labute approximate surface area is 110 Å². The molecule has 0 bridgehead atoms. The first kappa shape index (κ1) is 13.0. The van der Waals surface area contributed by atoms with Gasteiger partial charge in [0.2, 0.25) is 11.8 Å². The highest BCUT2D eigenvalue weighted by molar-refractivity contribution is 8.00. The lowest BCUT2D eigenvalue weighted by Crippen LogP contribution is -2.31. The summed E-state index contributed by atoms with van der Waals surface area (Å²) < 4.78 is 5.05. The Morgan fingerprint density at radius 2 is 2.00 bits per heavy atom. The standard InChI is InChI=1S/C13H15NO3S/c1-3-18-11-8-12(15)14(13(11)16)9-4-6-10(17-2)7-5-9/h4-7,11H,3,8H2,1-2H3. The normalized spacial score (nSPS) is 19.4. The Bertz CT molecular complexity index is 458. The quantitative estimate of drug-likeness (QED) is 0.782. The third-order valence-electron chi connectivity index (χ3n) is 2.80. The van der Waals surface area contributed by atoms with Gasteiger partial charge in [-0.3, -0.25) is 9.59 Å². The number of hydrogen-bond acceptors (Lipinski definition) is 4. The highest BCUT2D eigenvalue weighted by Gasteiger charge is 2.39. The van der Waals surface area contributed by atoms with Crippen LogP contribution in [-0.4, -0.2) is 29.9 Å². The van der Waals surface area contributed by atoms with Crippen molar-refractivity contribution in [1.29, 1.82) is 0 Å². The van der Waals surface area contributed by atoms with Crippen molar-refractivity contribution in [2.75, 3.05) is 17.8 Å². The van der Waals surface area contributed by atoms with Crippen LogP contribution in [0.2, 0.25) is 0 Å². The van der Waals surface area contributed by atoms with Gasteiger partial charge in [0.1, 0.15) is 5.75 Å². The largest absolute Gasteiger partial charge is 0.497 e. The summed E-state index contributed by atoms with van der Waals surface area (Å²) >= 11 is 1.52. The SMILES string of the molecule is CCSC1CC(=O)N(c2ccc(OC)cc2)C1=O. The van der Waals surface area contributed by atoms with E-state index in [2.05, 4.69) is 0 Å². The first-order chi connectivity index (χ1) is 8.67. The molecule has 4 nitrogen and oxygen atoms in total. The molecule has 0 radical (unpaired) electrons. The second kappa shape index (κ2) is 5.44. The number of nitrogens with zero attached hydrogens (tertiary/aromatic N) is 1. The van der Waals surface area contributed by atoms with Crippen molar-refractivity contribution >= 4 is 29.3 Å². The highest BCUT2D eigenvalue weighted by atomic mass is 32.2. The molecule has 18 heavy (non-hydrogen) atoms. The molecular weight excluding hydrogens is 250 g/mol. The smallest absolute Gasteiger partial charge is 0.247 e. The fraction of sp³-hybridized carbons (Fsp3) is 0.385. The Morgan fingerprint density at radius 3 is 2.56 bits per heavy atom. The average molecular weight is 265 g/mol. The Morgan fingerprint density at radius 1 is 1.33 bits per heavy atom. The molecule has 0 aliphatic carbocycles. The van der Waals surface area contributed by atoms with E-state index >= 15 is 0 Å². The van der Waals surface area contributed by atoms with Gasteiger partial charge < -0.3 is 4.74 Å². The van der Waals surface area contributed by atoms with E-state index in [1.165, 1.54) is 16.7 Å². The molecule has 1 aromatic carbocycles. The molecule has 1 aliphatic rings. The van der Waals surface area contributed by atoms with Gasteiger partial charge in [0.05, 0.1) is 18.0 Å². The van der Waals surface area contributed by atoms with Crippen LogP contribution in [0.3, 0.4) is 0 Å². The lowest BCUT2D eigenvalue weighted by molar-refractivity contribution is -0.121. The van der Waals surface area contributed by atoms with Crippen molar-refractivity contribution in [3.05, 3.63) is 24.3 Å². The van der Waals surface area contributed by atoms with Gasteiger partial charge in [-0.2, -0.15) is 0 Å². The van der Waals surface area contributed by atoms with Crippen molar-refractivity contribution in [2.45, 2.75) is 18.6 Å². The Kier molecular flexibility index (Phi) is 3.91. The zero-order chi connectivity index (χ0) is 13.1. The molecule has 0 spiro atoms. The van der Waals surface area contributed by atoms with Crippen LogP contribution in [0.25, 0.3) is 0 Å². The summed E-state index contributed by atoms with van der Waals surface area (Å²) in [6.45, 7) is 1.98. The van der Waals surface area contributed by atoms with Gasteiger partial charge in [-0.15, -0.1) is 11.8 Å². The lowest BCUT2D eigenvalue weighted by atomic mass is 10.3. The molecular formula is C13H15NO3S. The van der Waals surface area contributed by atoms with E-state index in [0.29, 0.717) is 17.9 Å². The first-order valence-corrected chi connectivity index (χ1v) is 6.84. The summed E-state index contributed by atoms with van der Waals surface area (Å²) in [6.07, 6.45) is 0.295. The van der Waals surface area contributed by atoms with Crippen molar-refractivity contribution < 1.29 is 14.3 Å². The minimum Gasteiger partial charge on any atom is -0.497 e. The van der Waals surface area contributed by atoms with Crippen LogP contribution in [0.1, 0.15) is 13.3 Å². The monoisotopic (exact) mass is 265 g/mol. The van der Waals surface area contributed by atoms with Gasteiger partial charge in [-0.25, -0.2) is 4.90 Å². The molecule has 1 aromatic rings. The number of rotatable bonds is 4. The molecule has 1 atom stereocenters. The molecule has 1 saturated heterocycles. The van der Waals surface area contributed by atoms with Crippen molar-refractivity contribution in [2.24, 2.45) is 0 Å². The average Bonchev–Trinajstić information content (AvgIpc) is 2.65. The maximum absolute atomic E-state index is 12.1. The molecule has 0 aromatic heterocycles. The minimum absolute atomic E-state index is 0.114. The van der Waals surface area contributed by atoms with Gasteiger partial charge >= 0.3 is 0 Å². The van der Waals surface area contributed by atoms with Crippen molar-refractivity contribution in [1.82, 2.24) is 0 Å². The van der Waals surface area contributed by atoms with E-state index in [1.807, 2.05) is 6.92 Å². The maximum atomic E-state index is 12.1. The molecule has 2 amide bonds. The number of thioether (sulfide) groups is 1. The second-order valence-electron chi connectivity index (χ2n) is 3.91. The molecule has 1 fully saturated rings. The summed E-state index contributed by atoms with van der Waals surface area (Å²) in [4.78, 5) is 25.3. The van der Waals surface area contributed by atoms with Crippen LogP contribution in [0, 0.1) is 0 Å². The third-order valence-corrected chi connectivity index (χ3v) is 3.91.